The third-order valence-electron chi connectivity index (χ3n) is 1.32. The van der Waals surface area contributed by atoms with E-state index in [1.165, 1.54) is 12.1 Å². The van der Waals surface area contributed by atoms with Crippen LogP contribution in [0.1, 0.15) is 0 Å². The maximum atomic E-state index is 10.7. The zero-order chi connectivity index (χ0) is 6.97. The van der Waals surface area contributed by atoms with Crippen molar-refractivity contribution >= 4 is 5.65 Å². The first kappa shape index (κ1) is 5.22. The van der Waals surface area contributed by atoms with Crippen molar-refractivity contribution in [2.24, 2.45) is 0 Å². The summed E-state index contributed by atoms with van der Waals surface area (Å²) < 4.78 is 1.74. The second-order valence-electron chi connectivity index (χ2n) is 2.01. The molecular weight excluding hydrogens is 130 g/mol. The maximum absolute atomic E-state index is 10.7. The molecule has 2 aromatic heterocycles. The molecule has 0 saturated carbocycles. The zero-order valence-electron chi connectivity index (χ0n) is 5.11. The molecule has 0 fully saturated rings. The van der Waals surface area contributed by atoms with Crippen molar-refractivity contribution in [3.63, 3.8) is 0 Å². The number of aromatic amines is 1. The van der Waals surface area contributed by atoms with Gasteiger partial charge in [-0.3, -0.25) is 14.3 Å². The third-order valence-corrected chi connectivity index (χ3v) is 1.32. The molecule has 2 rings (SSSR count). The lowest BCUT2D eigenvalue weighted by Crippen LogP contribution is -1.97. The average Bonchev–Trinajstić information content (AvgIpc) is 2.33. The van der Waals surface area contributed by atoms with Crippen molar-refractivity contribution in [2.75, 3.05) is 0 Å². The van der Waals surface area contributed by atoms with Gasteiger partial charge in [0.05, 0.1) is 0 Å². The molecule has 4 heteroatoms. The largest absolute Gasteiger partial charge is 0.291 e. The van der Waals surface area contributed by atoms with Crippen LogP contribution in [0.2, 0.25) is 0 Å². The summed E-state index contributed by atoms with van der Waals surface area (Å²) in [6.45, 7) is 0. The number of nitrogens with one attached hydrogen (secondary N) is 1. The Kier molecular flexibility index (Phi) is 0.887. The van der Waals surface area contributed by atoms with Crippen molar-refractivity contribution in [1.82, 2.24) is 14.6 Å². The predicted octanol–water partition coefficient (Wildman–Crippen LogP) is 0.0226. The summed E-state index contributed by atoms with van der Waals surface area (Å²) in [5.41, 5.74) is 0.705. The zero-order valence-corrected chi connectivity index (χ0v) is 5.11. The van der Waals surface area contributed by atoms with E-state index in [0.717, 1.165) is 0 Å². The summed E-state index contributed by atoms with van der Waals surface area (Å²) >= 11 is 0. The number of fused-ring (bicyclic) bond motifs is 1. The predicted molar refractivity (Wildman–Crippen MR) is 35.8 cm³/mol. The monoisotopic (exact) mass is 135 g/mol. The number of H-pyrrole nitrogens is 1. The Morgan fingerprint density at radius 2 is 2.50 bits per heavy atom. The van der Waals surface area contributed by atoms with Gasteiger partial charge in [-0.2, -0.15) is 5.10 Å². The number of aromatic nitrogens is 3. The van der Waals surface area contributed by atoms with Crippen LogP contribution < -0.4 is 5.43 Å². The molecular formula is C6H5N3O. The minimum atomic E-state index is -0.00995. The van der Waals surface area contributed by atoms with Gasteiger partial charge < -0.3 is 0 Å². The van der Waals surface area contributed by atoms with Crippen LogP contribution in [0, 0.1) is 0 Å². The average molecular weight is 135 g/mol. The fourth-order valence-corrected chi connectivity index (χ4v) is 0.839. The number of rotatable bonds is 0. The van der Waals surface area contributed by atoms with Crippen molar-refractivity contribution in [3.8, 4) is 0 Å². The van der Waals surface area contributed by atoms with Crippen molar-refractivity contribution < 1.29 is 0 Å². The Labute approximate surface area is 56.1 Å². The van der Waals surface area contributed by atoms with Gasteiger partial charge in [-0.05, 0) is 0 Å². The van der Waals surface area contributed by atoms with Crippen molar-refractivity contribution in [2.45, 2.75) is 0 Å². The highest BCUT2D eigenvalue weighted by Gasteiger charge is 1.90. The van der Waals surface area contributed by atoms with Gasteiger partial charge in [-0.25, -0.2) is 0 Å². The number of hydrogen-bond donors (Lipinski definition) is 1. The molecule has 0 aliphatic heterocycles. The molecule has 1 N–H and O–H groups in total. The number of pyridine rings is 1. The lowest BCUT2D eigenvalue weighted by atomic mass is 10.5. The number of nitrogens with zero attached hydrogens (tertiary/aromatic N) is 2. The van der Waals surface area contributed by atoms with E-state index in [1.54, 1.807) is 16.9 Å². The van der Waals surface area contributed by atoms with Gasteiger partial charge in [0.1, 0.15) is 12.0 Å². The Bertz CT molecular complexity index is 400. The van der Waals surface area contributed by atoms with Crippen LogP contribution >= 0.6 is 0 Å². The Balaban J connectivity index is 2.99. The minimum absolute atomic E-state index is 0.00995. The van der Waals surface area contributed by atoms with Gasteiger partial charge in [-0.15, -0.1) is 0 Å². The first-order valence-electron chi connectivity index (χ1n) is 2.88. The summed E-state index contributed by atoms with van der Waals surface area (Å²) in [5.74, 6) is 0. The van der Waals surface area contributed by atoms with E-state index >= 15 is 0 Å². The van der Waals surface area contributed by atoms with E-state index in [2.05, 4.69) is 10.2 Å². The van der Waals surface area contributed by atoms with Crippen LogP contribution in [0.4, 0.5) is 0 Å². The third kappa shape index (κ3) is 0.621. The first-order chi connectivity index (χ1) is 4.86. The molecule has 0 saturated heterocycles. The molecule has 10 heavy (non-hydrogen) atoms. The van der Waals surface area contributed by atoms with E-state index in [9.17, 15) is 4.79 Å². The highest BCUT2D eigenvalue weighted by atomic mass is 16.1. The van der Waals surface area contributed by atoms with Crippen molar-refractivity contribution in [3.05, 3.63) is 34.9 Å². The second-order valence-corrected chi connectivity index (χ2v) is 2.01. The summed E-state index contributed by atoms with van der Waals surface area (Å²) in [5, 5.41) is 6.41. The molecule has 0 spiro atoms. The molecule has 0 atom stereocenters. The Morgan fingerprint density at radius 1 is 1.60 bits per heavy atom. The van der Waals surface area contributed by atoms with Crippen LogP contribution in [0.25, 0.3) is 5.65 Å². The molecule has 0 unspecified atom stereocenters. The number of hydrogen-bond acceptors (Lipinski definition) is 2. The fraction of sp³-hybridized carbons (Fsp3) is 0. The second kappa shape index (κ2) is 1.70. The molecule has 2 aromatic rings. The van der Waals surface area contributed by atoms with Crippen LogP contribution in [-0.2, 0) is 0 Å². The summed E-state index contributed by atoms with van der Waals surface area (Å²) in [4.78, 5) is 10.7. The highest BCUT2D eigenvalue weighted by Crippen LogP contribution is 1.90. The molecule has 2 heterocycles. The van der Waals surface area contributed by atoms with Gasteiger partial charge in [-0.1, -0.05) is 0 Å². The van der Waals surface area contributed by atoms with Gasteiger partial charge in [0.2, 0.25) is 0 Å². The van der Waals surface area contributed by atoms with E-state index < -0.39 is 0 Å². The SMILES string of the molecule is O=c1ccn2cn[nH]c2c1. The van der Waals surface area contributed by atoms with Crippen LogP contribution in [0.3, 0.4) is 0 Å². The fourth-order valence-electron chi connectivity index (χ4n) is 0.839. The molecule has 4 nitrogen and oxygen atoms in total. The molecule has 0 radical (unpaired) electrons. The lowest BCUT2D eigenvalue weighted by molar-refractivity contribution is 1.10. The molecule has 0 aliphatic carbocycles. The Morgan fingerprint density at radius 3 is 3.40 bits per heavy atom. The van der Waals surface area contributed by atoms with Crippen molar-refractivity contribution in [1.29, 1.82) is 0 Å². The molecule has 50 valence electrons. The van der Waals surface area contributed by atoms with Crippen LogP contribution in [0.5, 0.6) is 0 Å². The molecule has 0 bridgehead atoms. The summed E-state index contributed by atoms with van der Waals surface area (Å²) in [7, 11) is 0. The van der Waals surface area contributed by atoms with E-state index in [0.29, 0.717) is 5.65 Å². The van der Waals surface area contributed by atoms with E-state index in [1.807, 2.05) is 0 Å². The van der Waals surface area contributed by atoms with Crippen LogP contribution in [-0.4, -0.2) is 14.6 Å². The highest BCUT2D eigenvalue weighted by molar-refractivity contribution is 5.34. The lowest BCUT2D eigenvalue weighted by Gasteiger charge is -1.85. The summed E-state index contributed by atoms with van der Waals surface area (Å²) in [6, 6.07) is 2.98. The van der Waals surface area contributed by atoms with E-state index in [4.69, 9.17) is 0 Å². The van der Waals surface area contributed by atoms with E-state index in [-0.39, 0.29) is 5.43 Å². The minimum Gasteiger partial charge on any atom is -0.291 e. The quantitative estimate of drug-likeness (QED) is 0.553. The van der Waals surface area contributed by atoms with Gasteiger partial charge >= 0.3 is 0 Å². The smallest absolute Gasteiger partial charge is 0.183 e. The van der Waals surface area contributed by atoms with Gasteiger partial charge in [0, 0.05) is 18.3 Å². The molecule has 0 aromatic carbocycles. The molecule has 0 amide bonds. The topological polar surface area (TPSA) is 50.2 Å². The molecule has 0 aliphatic rings. The van der Waals surface area contributed by atoms with Gasteiger partial charge in [0.25, 0.3) is 0 Å². The maximum Gasteiger partial charge on any atom is 0.183 e. The first-order valence-corrected chi connectivity index (χ1v) is 2.88. The Hall–Kier alpha value is -1.58. The normalized spacial score (nSPS) is 10.4. The van der Waals surface area contributed by atoms with Gasteiger partial charge in [0.15, 0.2) is 5.43 Å². The van der Waals surface area contributed by atoms with Crippen LogP contribution in [0.15, 0.2) is 29.5 Å². The summed E-state index contributed by atoms with van der Waals surface area (Å²) in [6.07, 6.45) is 3.27. The standard InChI is InChI=1S/C6H5N3O/c10-5-1-2-9-4-7-8-6(9)3-5/h1-4,8H.